The van der Waals surface area contributed by atoms with Crippen molar-refractivity contribution in [2.45, 2.75) is 52.0 Å². The van der Waals surface area contributed by atoms with Gasteiger partial charge in [-0.15, -0.1) is 0 Å². The fourth-order valence-electron chi connectivity index (χ4n) is 1.60. The monoisotopic (exact) mass is 245 g/mol. The van der Waals surface area contributed by atoms with E-state index in [0.29, 0.717) is 0 Å². The van der Waals surface area contributed by atoms with Gasteiger partial charge in [-0.25, -0.2) is 4.79 Å². The molecule has 1 aliphatic rings. The van der Waals surface area contributed by atoms with Crippen molar-refractivity contribution in [1.82, 2.24) is 4.90 Å². The molecule has 98 valence electrons. The topological polar surface area (TPSA) is 76.1 Å². The summed E-state index contributed by atoms with van der Waals surface area (Å²) in [6, 6.07) is 0. The molecule has 0 saturated carbocycles. The lowest BCUT2D eigenvalue weighted by Crippen LogP contribution is -2.41. The summed E-state index contributed by atoms with van der Waals surface area (Å²) in [6.07, 6.45) is -1.79. The van der Waals surface area contributed by atoms with Crippen LogP contribution in [0.3, 0.4) is 0 Å². The summed E-state index contributed by atoms with van der Waals surface area (Å²) in [4.78, 5) is 23.9. The van der Waals surface area contributed by atoms with Crippen LogP contribution in [-0.2, 0) is 14.3 Å². The Labute approximate surface area is 100 Å². The molecule has 0 bridgehead atoms. The van der Waals surface area contributed by atoms with Crippen molar-refractivity contribution in [3.63, 3.8) is 0 Å². The van der Waals surface area contributed by atoms with Gasteiger partial charge in [0, 0.05) is 13.3 Å². The Morgan fingerprint density at radius 1 is 1.35 bits per heavy atom. The van der Waals surface area contributed by atoms with E-state index < -0.39 is 30.0 Å². The summed E-state index contributed by atoms with van der Waals surface area (Å²) in [6.45, 7) is 6.62. The van der Waals surface area contributed by atoms with E-state index in [-0.39, 0.29) is 13.0 Å². The number of nitrogens with zero attached hydrogens (tertiary/aromatic N) is 1. The van der Waals surface area contributed by atoms with Gasteiger partial charge in [0.25, 0.3) is 0 Å². The molecular weight excluding hydrogens is 226 g/mol. The van der Waals surface area contributed by atoms with Gasteiger partial charge in [-0.3, -0.25) is 9.69 Å². The third kappa shape index (κ3) is 4.22. The number of carbonyl (C=O) groups is 2. The molecule has 6 heteroatoms. The molecule has 1 rings (SSSR count). The van der Waals surface area contributed by atoms with Crippen LogP contribution >= 0.6 is 0 Å². The van der Waals surface area contributed by atoms with Gasteiger partial charge in [0.05, 0.1) is 12.6 Å². The Balaban J connectivity index is 2.66. The van der Waals surface area contributed by atoms with Crippen molar-refractivity contribution in [3.05, 3.63) is 0 Å². The van der Waals surface area contributed by atoms with Crippen molar-refractivity contribution in [3.8, 4) is 0 Å². The van der Waals surface area contributed by atoms with Crippen LogP contribution in [0.4, 0.5) is 4.79 Å². The number of likely N-dealkylation sites (tertiary alicyclic amines) is 1. The fraction of sp³-hybridized carbons (Fsp3) is 0.818. The van der Waals surface area contributed by atoms with Gasteiger partial charge < -0.3 is 14.6 Å². The normalized spacial score (nSPS) is 24.6. The minimum atomic E-state index is -0.739. The lowest BCUT2D eigenvalue weighted by molar-refractivity contribution is -0.152. The van der Waals surface area contributed by atoms with Gasteiger partial charge in [0.15, 0.2) is 6.23 Å². The van der Waals surface area contributed by atoms with Crippen molar-refractivity contribution in [2.24, 2.45) is 0 Å². The number of ether oxygens (including phenoxy) is 2. The maximum absolute atomic E-state index is 11.8. The molecule has 0 aliphatic carbocycles. The van der Waals surface area contributed by atoms with E-state index in [1.165, 1.54) is 11.8 Å². The molecule has 17 heavy (non-hydrogen) atoms. The molecule has 0 aromatic carbocycles. The highest BCUT2D eigenvalue weighted by Gasteiger charge is 2.38. The highest BCUT2D eigenvalue weighted by atomic mass is 16.6. The fourth-order valence-corrected chi connectivity index (χ4v) is 1.60. The number of aliphatic hydroxyl groups excluding tert-OH is 1. The Morgan fingerprint density at radius 3 is 2.41 bits per heavy atom. The van der Waals surface area contributed by atoms with Gasteiger partial charge in [-0.05, 0) is 20.8 Å². The lowest BCUT2D eigenvalue weighted by Gasteiger charge is -2.27. The molecule has 1 amide bonds. The summed E-state index contributed by atoms with van der Waals surface area (Å²) in [7, 11) is 0. The quantitative estimate of drug-likeness (QED) is 0.694. The zero-order valence-electron chi connectivity index (χ0n) is 10.6. The third-order valence-corrected chi connectivity index (χ3v) is 2.16. The molecule has 2 atom stereocenters. The first-order chi connectivity index (χ1) is 7.69. The maximum atomic E-state index is 11.8. The molecule has 0 aromatic heterocycles. The minimum absolute atomic E-state index is 0.118. The van der Waals surface area contributed by atoms with Crippen LogP contribution in [0.1, 0.15) is 34.1 Å². The van der Waals surface area contributed by atoms with E-state index in [4.69, 9.17) is 9.47 Å². The summed E-state index contributed by atoms with van der Waals surface area (Å²) in [5, 5.41) is 9.49. The van der Waals surface area contributed by atoms with Gasteiger partial charge in [0.2, 0.25) is 0 Å². The first-order valence-electron chi connectivity index (χ1n) is 5.54. The summed E-state index contributed by atoms with van der Waals surface area (Å²) in [5.74, 6) is -0.488. The lowest BCUT2D eigenvalue weighted by atomic mass is 10.2. The van der Waals surface area contributed by atoms with Crippen LogP contribution in [0.2, 0.25) is 0 Å². The molecular formula is C11H19NO5. The number of β-amino-alcohol motifs (C(OH)–C–C–N with tert-alkyl or cyclic N) is 1. The molecule has 0 aromatic rings. The predicted octanol–water partition coefficient (Wildman–Crippen LogP) is 0.877. The number of esters is 1. The van der Waals surface area contributed by atoms with Gasteiger partial charge in [0.1, 0.15) is 5.60 Å². The van der Waals surface area contributed by atoms with Crippen LogP contribution in [0, 0.1) is 0 Å². The van der Waals surface area contributed by atoms with Crippen LogP contribution in [0.15, 0.2) is 0 Å². The van der Waals surface area contributed by atoms with Crippen LogP contribution in [0.25, 0.3) is 0 Å². The summed E-state index contributed by atoms with van der Waals surface area (Å²) >= 11 is 0. The Kier molecular flexibility index (Phi) is 3.98. The number of aliphatic hydroxyl groups is 1. The van der Waals surface area contributed by atoms with Crippen molar-refractivity contribution in [2.75, 3.05) is 6.54 Å². The Morgan fingerprint density at radius 2 is 1.94 bits per heavy atom. The molecule has 1 saturated heterocycles. The van der Waals surface area contributed by atoms with Crippen molar-refractivity contribution in [1.29, 1.82) is 0 Å². The van der Waals surface area contributed by atoms with Crippen molar-refractivity contribution < 1.29 is 24.2 Å². The molecule has 1 fully saturated rings. The second-order valence-corrected chi connectivity index (χ2v) is 5.09. The molecule has 1 N–H and O–H groups in total. The van der Waals surface area contributed by atoms with Gasteiger partial charge in [-0.1, -0.05) is 0 Å². The molecule has 2 unspecified atom stereocenters. The van der Waals surface area contributed by atoms with Gasteiger partial charge >= 0.3 is 12.1 Å². The van der Waals surface area contributed by atoms with E-state index in [0.717, 1.165) is 0 Å². The van der Waals surface area contributed by atoms with E-state index in [1.807, 2.05) is 0 Å². The highest BCUT2D eigenvalue weighted by molar-refractivity contribution is 5.70. The summed E-state index contributed by atoms with van der Waals surface area (Å²) < 4.78 is 10.1. The average Bonchev–Trinajstić information content (AvgIpc) is 2.42. The molecule has 0 radical (unpaired) electrons. The highest BCUT2D eigenvalue weighted by Crippen LogP contribution is 2.22. The molecule has 6 nitrogen and oxygen atoms in total. The molecule has 0 spiro atoms. The second-order valence-electron chi connectivity index (χ2n) is 5.09. The van der Waals surface area contributed by atoms with E-state index in [1.54, 1.807) is 20.8 Å². The van der Waals surface area contributed by atoms with Gasteiger partial charge in [-0.2, -0.15) is 0 Å². The van der Waals surface area contributed by atoms with E-state index >= 15 is 0 Å². The smallest absolute Gasteiger partial charge is 0.413 e. The van der Waals surface area contributed by atoms with E-state index in [9.17, 15) is 14.7 Å². The largest absolute Gasteiger partial charge is 0.444 e. The number of hydrogen-bond donors (Lipinski definition) is 1. The zero-order chi connectivity index (χ0) is 13.2. The first-order valence-corrected chi connectivity index (χ1v) is 5.54. The Hall–Kier alpha value is -1.30. The summed E-state index contributed by atoms with van der Waals surface area (Å²) in [5.41, 5.74) is -0.620. The standard InChI is InChI=1S/C11H19NO5/c1-7(13)16-9-5-8(14)6-12(9)10(15)17-11(2,3)4/h8-9,14H,5-6H2,1-4H3. The third-order valence-electron chi connectivity index (χ3n) is 2.16. The number of hydrogen-bond acceptors (Lipinski definition) is 5. The van der Waals surface area contributed by atoms with Crippen molar-refractivity contribution >= 4 is 12.1 Å². The number of rotatable bonds is 1. The molecule has 1 aliphatic heterocycles. The first kappa shape index (κ1) is 13.8. The van der Waals surface area contributed by atoms with Crippen LogP contribution in [-0.4, -0.2) is 46.5 Å². The minimum Gasteiger partial charge on any atom is -0.444 e. The number of carbonyl (C=O) groups excluding carboxylic acids is 2. The van der Waals surface area contributed by atoms with Crippen LogP contribution < -0.4 is 0 Å². The molecule has 1 heterocycles. The SMILES string of the molecule is CC(=O)OC1CC(O)CN1C(=O)OC(C)(C)C. The Bertz CT molecular complexity index is 309. The van der Waals surface area contributed by atoms with E-state index in [2.05, 4.69) is 0 Å². The second kappa shape index (κ2) is 4.91. The predicted molar refractivity (Wildman–Crippen MR) is 59.1 cm³/mol. The maximum Gasteiger partial charge on any atom is 0.413 e. The average molecular weight is 245 g/mol. The van der Waals surface area contributed by atoms with Crippen LogP contribution in [0.5, 0.6) is 0 Å². The number of amides is 1. The zero-order valence-corrected chi connectivity index (χ0v) is 10.6.